The van der Waals surface area contributed by atoms with Gasteiger partial charge in [0.25, 0.3) is 0 Å². The monoisotopic (exact) mass is 284 g/mol. The fraction of sp³-hybridized carbons (Fsp3) is 0.867. The van der Waals surface area contributed by atoms with Crippen LogP contribution >= 0.6 is 0 Å². The van der Waals surface area contributed by atoms with Crippen molar-refractivity contribution in [3.63, 3.8) is 0 Å². The van der Waals surface area contributed by atoms with Crippen LogP contribution in [0.1, 0.15) is 58.8 Å². The molecule has 0 unspecified atom stereocenters. The molecule has 5 heteroatoms. The number of nitrogens with two attached hydrogens (primary N) is 1. The Morgan fingerprint density at radius 1 is 1.25 bits per heavy atom. The van der Waals surface area contributed by atoms with Crippen molar-refractivity contribution in [2.24, 2.45) is 17.6 Å². The summed E-state index contributed by atoms with van der Waals surface area (Å²) in [6.07, 6.45) is 5.48. The summed E-state index contributed by atoms with van der Waals surface area (Å²) >= 11 is 0. The number of hydrogen-bond donors (Lipinski definition) is 3. The quantitative estimate of drug-likeness (QED) is 0.665. The highest BCUT2D eigenvalue weighted by Gasteiger charge is 2.35. The molecule has 0 aromatic carbocycles. The van der Waals surface area contributed by atoms with Crippen LogP contribution < -0.4 is 11.1 Å². The average Bonchev–Trinajstić information content (AvgIpc) is 2.35. The Morgan fingerprint density at radius 2 is 1.85 bits per heavy atom. The highest BCUT2D eigenvalue weighted by molar-refractivity contribution is 5.86. The second-order valence-corrected chi connectivity index (χ2v) is 6.52. The average molecular weight is 284 g/mol. The maximum atomic E-state index is 12.2. The van der Waals surface area contributed by atoms with Gasteiger partial charge < -0.3 is 16.2 Å². The van der Waals surface area contributed by atoms with Crippen LogP contribution in [0.25, 0.3) is 0 Å². The number of carboxylic acid groups (broad SMARTS) is 1. The Morgan fingerprint density at radius 3 is 2.35 bits per heavy atom. The molecule has 0 spiro atoms. The van der Waals surface area contributed by atoms with E-state index in [1.807, 2.05) is 0 Å². The Kier molecular flexibility index (Phi) is 6.46. The summed E-state index contributed by atoms with van der Waals surface area (Å²) in [5.41, 5.74) is 5.42. The smallest absolute Gasteiger partial charge is 0.303 e. The molecule has 116 valence electrons. The molecule has 0 aromatic rings. The highest BCUT2D eigenvalue weighted by Crippen LogP contribution is 2.26. The van der Waals surface area contributed by atoms with Gasteiger partial charge in [-0.2, -0.15) is 0 Å². The minimum absolute atomic E-state index is 0.0244. The second kappa shape index (κ2) is 7.62. The number of nitrogens with one attached hydrogen (secondary N) is 1. The van der Waals surface area contributed by atoms with E-state index >= 15 is 0 Å². The Bertz CT molecular complexity index is 336. The lowest BCUT2D eigenvalue weighted by atomic mass is 9.81. The van der Waals surface area contributed by atoms with Gasteiger partial charge in [-0.05, 0) is 31.1 Å². The van der Waals surface area contributed by atoms with Crippen molar-refractivity contribution in [3.05, 3.63) is 0 Å². The number of hydrogen-bond acceptors (Lipinski definition) is 3. The molecule has 1 aliphatic rings. The van der Waals surface area contributed by atoms with Gasteiger partial charge in [-0.1, -0.05) is 33.1 Å². The molecule has 0 aliphatic heterocycles. The molecule has 1 aliphatic carbocycles. The van der Waals surface area contributed by atoms with E-state index in [0.29, 0.717) is 12.5 Å². The molecule has 1 atom stereocenters. The molecule has 5 nitrogen and oxygen atoms in total. The molecule has 0 saturated heterocycles. The Labute approximate surface area is 121 Å². The molecule has 0 bridgehead atoms. The van der Waals surface area contributed by atoms with Crippen LogP contribution in [0.3, 0.4) is 0 Å². The van der Waals surface area contributed by atoms with E-state index in [1.165, 1.54) is 0 Å². The normalized spacial score (nSPS) is 19.6. The van der Waals surface area contributed by atoms with Gasteiger partial charge in [0.15, 0.2) is 0 Å². The summed E-state index contributed by atoms with van der Waals surface area (Å²) in [6.45, 7) is 4.52. The standard InChI is InChI=1S/C15H28N2O3/c1-11(2)8-12(9-13(18)19)10-17-14(20)15(16)6-4-3-5-7-15/h11-12H,3-10,16H2,1-2H3,(H,17,20)(H,18,19)/t12-/m1/s1. The van der Waals surface area contributed by atoms with E-state index in [9.17, 15) is 9.59 Å². The van der Waals surface area contributed by atoms with Crippen molar-refractivity contribution >= 4 is 11.9 Å². The Hall–Kier alpha value is -1.10. The zero-order chi connectivity index (χ0) is 15.2. The van der Waals surface area contributed by atoms with Crippen molar-refractivity contribution in [1.29, 1.82) is 0 Å². The molecular weight excluding hydrogens is 256 g/mol. The fourth-order valence-electron chi connectivity index (χ4n) is 2.98. The maximum absolute atomic E-state index is 12.2. The summed E-state index contributed by atoms with van der Waals surface area (Å²) in [7, 11) is 0. The van der Waals surface area contributed by atoms with E-state index in [0.717, 1.165) is 38.5 Å². The minimum atomic E-state index is -0.815. The molecule has 20 heavy (non-hydrogen) atoms. The first-order chi connectivity index (χ1) is 9.33. The third kappa shape index (κ3) is 5.49. The summed E-state index contributed by atoms with van der Waals surface area (Å²) in [5.74, 6) is -0.539. The number of amides is 1. The van der Waals surface area contributed by atoms with Crippen molar-refractivity contribution in [2.75, 3.05) is 6.54 Å². The first kappa shape index (κ1) is 17.0. The lowest BCUT2D eigenvalue weighted by Crippen LogP contribution is -2.55. The summed E-state index contributed by atoms with van der Waals surface area (Å²) in [4.78, 5) is 23.1. The molecule has 0 aromatic heterocycles. The maximum Gasteiger partial charge on any atom is 0.303 e. The van der Waals surface area contributed by atoms with Crippen molar-refractivity contribution in [2.45, 2.75) is 64.3 Å². The molecule has 1 amide bonds. The third-order valence-corrected chi connectivity index (χ3v) is 4.02. The topological polar surface area (TPSA) is 92.4 Å². The van der Waals surface area contributed by atoms with Crippen molar-refractivity contribution < 1.29 is 14.7 Å². The van der Waals surface area contributed by atoms with Crippen LogP contribution in [0, 0.1) is 11.8 Å². The molecule has 1 saturated carbocycles. The fourth-order valence-corrected chi connectivity index (χ4v) is 2.98. The van der Waals surface area contributed by atoms with Gasteiger partial charge in [0.05, 0.1) is 5.54 Å². The van der Waals surface area contributed by atoms with E-state index in [1.54, 1.807) is 0 Å². The molecule has 0 radical (unpaired) electrons. The lowest BCUT2D eigenvalue weighted by molar-refractivity contribution is -0.138. The zero-order valence-corrected chi connectivity index (χ0v) is 12.7. The number of carboxylic acids is 1. The molecular formula is C15H28N2O3. The summed E-state index contributed by atoms with van der Waals surface area (Å²) in [5, 5.41) is 11.8. The largest absolute Gasteiger partial charge is 0.481 e. The SMILES string of the molecule is CC(C)C[C@@H](CNC(=O)C1(N)CCCCC1)CC(=O)O. The van der Waals surface area contributed by atoms with Gasteiger partial charge in [-0.3, -0.25) is 9.59 Å². The van der Waals surface area contributed by atoms with Crippen LogP contribution in [-0.4, -0.2) is 29.1 Å². The van der Waals surface area contributed by atoms with Gasteiger partial charge >= 0.3 is 5.97 Å². The lowest BCUT2D eigenvalue weighted by Gasteiger charge is -2.32. The summed E-state index contributed by atoms with van der Waals surface area (Å²) in [6, 6.07) is 0. The molecule has 4 N–H and O–H groups in total. The van der Waals surface area contributed by atoms with Gasteiger partial charge in [0, 0.05) is 13.0 Å². The van der Waals surface area contributed by atoms with Gasteiger partial charge in [-0.15, -0.1) is 0 Å². The van der Waals surface area contributed by atoms with Crippen LogP contribution in [-0.2, 0) is 9.59 Å². The number of rotatable bonds is 7. The first-order valence-electron chi connectivity index (χ1n) is 7.62. The molecule has 1 rings (SSSR count). The van der Waals surface area contributed by atoms with Crippen LogP contribution in [0.4, 0.5) is 0 Å². The van der Waals surface area contributed by atoms with Crippen molar-refractivity contribution in [3.8, 4) is 0 Å². The molecule has 0 heterocycles. The van der Waals surface area contributed by atoms with Gasteiger partial charge in [0.1, 0.15) is 0 Å². The van der Waals surface area contributed by atoms with E-state index < -0.39 is 11.5 Å². The Balaban J connectivity index is 2.48. The first-order valence-corrected chi connectivity index (χ1v) is 7.62. The van der Waals surface area contributed by atoms with Crippen LogP contribution in [0.5, 0.6) is 0 Å². The predicted octanol–water partition coefficient (Wildman–Crippen LogP) is 1.90. The van der Waals surface area contributed by atoms with E-state index in [-0.39, 0.29) is 18.2 Å². The third-order valence-electron chi connectivity index (χ3n) is 4.02. The number of aliphatic carboxylic acids is 1. The van der Waals surface area contributed by atoms with E-state index in [4.69, 9.17) is 10.8 Å². The molecule has 1 fully saturated rings. The highest BCUT2D eigenvalue weighted by atomic mass is 16.4. The van der Waals surface area contributed by atoms with Crippen LogP contribution in [0.2, 0.25) is 0 Å². The van der Waals surface area contributed by atoms with E-state index in [2.05, 4.69) is 19.2 Å². The van der Waals surface area contributed by atoms with Crippen LogP contribution in [0.15, 0.2) is 0 Å². The predicted molar refractivity (Wildman–Crippen MR) is 78.2 cm³/mol. The number of carbonyl (C=O) groups is 2. The summed E-state index contributed by atoms with van der Waals surface area (Å²) < 4.78 is 0. The van der Waals surface area contributed by atoms with Gasteiger partial charge in [-0.25, -0.2) is 0 Å². The second-order valence-electron chi connectivity index (χ2n) is 6.52. The van der Waals surface area contributed by atoms with Crippen molar-refractivity contribution in [1.82, 2.24) is 5.32 Å². The minimum Gasteiger partial charge on any atom is -0.481 e. The van der Waals surface area contributed by atoms with Gasteiger partial charge in [0.2, 0.25) is 5.91 Å². The zero-order valence-electron chi connectivity index (χ0n) is 12.7. The number of carbonyl (C=O) groups excluding carboxylic acids is 1.